The molecule has 0 saturated carbocycles. The predicted octanol–water partition coefficient (Wildman–Crippen LogP) is 6.90. The Bertz CT molecular complexity index is 1910. The number of hydrogen-bond acceptors (Lipinski definition) is 7. The van der Waals surface area contributed by atoms with Gasteiger partial charge in [-0.2, -0.15) is 18.3 Å². The number of aromatic carboxylic acids is 1. The van der Waals surface area contributed by atoms with Crippen LogP contribution >= 0.6 is 0 Å². The van der Waals surface area contributed by atoms with E-state index in [4.69, 9.17) is 9.84 Å². The first-order valence-corrected chi connectivity index (χ1v) is 15.1. The Kier molecular flexibility index (Phi) is 7.26. The molecule has 0 amide bonds. The molecule has 9 nitrogen and oxygen atoms in total. The highest BCUT2D eigenvalue weighted by molar-refractivity contribution is 7.91. The summed E-state index contributed by atoms with van der Waals surface area (Å²) in [5, 5.41) is 11.8. The molecule has 0 saturated heterocycles. The van der Waals surface area contributed by atoms with Crippen molar-refractivity contribution in [2.75, 3.05) is 0 Å². The first kappa shape index (κ1) is 30.4. The third kappa shape index (κ3) is 5.67. The second-order valence-electron chi connectivity index (χ2n) is 10.5. The van der Waals surface area contributed by atoms with Crippen LogP contribution in [0.25, 0.3) is 5.69 Å². The SMILES string of the molecule is CC(c1ccc2c(c1)OC(F)(F)O2)S(=O)(=O)c1cccc(-n2nc(C(F)(F)F)c3c2C(Oc2ccc(C(=O)O)cc2)CCC3)c1. The lowest BCUT2D eigenvalue weighted by molar-refractivity contribution is -0.286. The number of alkyl halides is 5. The lowest BCUT2D eigenvalue weighted by Crippen LogP contribution is -2.25. The highest BCUT2D eigenvalue weighted by Gasteiger charge is 2.44. The van der Waals surface area contributed by atoms with Crippen LogP contribution in [0.15, 0.2) is 71.6 Å². The number of nitrogens with zero attached hydrogens (tertiary/aromatic N) is 2. The fourth-order valence-electron chi connectivity index (χ4n) is 5.42. The largest absolute Gasteiger partial charge is 0.586 e. The molecule has 15 heteroatoms. The van der Waals surface area contributed by atoms with Gasteiger partial charge < -0.3 is 19.3 Å². The number of benzene rings is 3. The first-order valence-electron chi connectivity index (χ1n) is 13.6. The second-order valence-corrected chi connectivity index (χ2v) is 12.8. The van der Waals surface area contributed by atoms with Crippen LogP contribution in [0.5, 0.6) is 17.2 Å². The average molecular weight is 651 g/mol. The smallest absolute Gasteiger partial charge is 0.484 e. The van der Waals surface area contributed by atoms with Gasteiger partial charge in [0.2, 0.25) is 0 Å². The number of carbonyl (C=O) groups is 1. The Labute approximate surface area is 252 Å². The number of halogens is 5. The Hall–Kier alpha value is -4.66. The monoisotopic (exact) mass is 650 g/mol. The molecule has 2 aliphatic rings. The van der Waals surface area contributed by atoms with E-state index < -0.39 is 45.3 Å². The number of hydrogen-bond donors (Lipinski definition) is 1. The van der Waals surface area contributed by atoms with Crippen molar-refractivity contribution in [3.63, 3.8) is 0 Å². The zero-order chi connectivity index (χ0) is 32.3. The van der Waals surface area contributed by atoms with E-state index in [1.807, 2.05) is 0 Å². The van der Waals surface area contributed by atoms with Crippen LogP contribution in [0.2, 0.25) is 0 Å². The minimum absolute atomic E-state index is 0.00187. The van der Waals surface area contributed by atoms with Gasteiger partial charge in [-0.15, -0.1) is 8.78 Å². The van der Waals surface area contributed by atoms with Gasteiger partial charge in [-0.3, -0.25) is 0 Å². The van der Waals surface area contributed by atoms with E-state index in [1.54, 1.807) is 0 Å². The van der Waals surface area contributed by atoms with Crippen molar-refractivity contribution in [3.05, 3.63) is 94.8 Å². The number of aromatic nitrogens is 2. The molecular weight excluding hydrogens is 627 g/mol. The predicted molar refractivity (Wildman–Crippen MR) is 147 cm³/mol. The molecule has 1 N–H and O–H groups in total. The molecule has 236 valence electrons. The Morgan fingerprint density at radius 1 is 1.07 bits per heavy atom. The summed E-state index contributed by atoms with van der Waals surface area (Å²) in [4.78, 5) is 11.0. The molecule has 1 aromatic heterocycles. The normalized spacial score (nSPS) is 17.9. The zero-order valence-electron chi connectivity index (χ0n) is 23.2. The van der Waals surface area contributed by atoms with Crippen molar-refractivity contribution in [1.82, 2.24) is 9.78 Å². The van der Waals surface area contributed by atoms with Crippen molar-refractivity contribution >= 4 is 15.8 Å². The molecule has 1 aliphatic carbocycles. The highest BCUT2D eigenvalue weighted by atomic mass is 32.2. The number of sulfone groups is 1. The molecule has 2 unspecified atom stereocenters. The zero-order valence-corrected chi connectivity index (χ0v) is 24.0. The molecule has 1 aliphatic heterocycles. The standard InChI is InChI=1S/C30H23F5N2O7S/c1-16(18-10-13-23-25(14-18)44-30(34,35)43-23)45(40,41)21-5-2-4-19(15-21)37-26-22(27(36-37)29(31,32)33)6-3-7-24(26)42-20-11-8-17(9-12-20)28(38)39/h2,4-5,8-16,24H,3,6-7H2,1H3,(H,38,39). The molecule has 0 spiro atoms. The van der Waals surface area contributed by atoms with Crippen LogP contribution in [-0.2, 0) is 22.4 Å². The summed E-state index contributed by atoms with van der Waals surface area (Å²) in [5.41, 5.74) is -0.960. The summed E-state index contributed by atoms with van der Waals surface area (Å²) in [6.45, 7) is 1.34. The van der Waals surface area contributed by atoms with Gasteiger partial charge in [0.25, 0.3) is 0 Å². The molecule has 45 heavy (non-hydrogen) atoms. The van der Waals surface area contributed by atoms with Crippen LogP contribution in [0, 0.1) is 0 Å². The minimum atomic E-state index is -4.81. The van der Waals surface area contributed by atoms with Crippen molar-refractivity contribution < 1.29 is 54.5 Å². The van der Waals surface area contributed by atoms with E-state index in [9.17, 15) is 35.2 Å². The topological polar surface area (TPSA) is 117 Å². The van der Waals surface area contributed by atoms with E-state index in [1.165, 1.54) is 61.5 Å². The first-order chi connectivity index (χ1) is 21.1. The van der Waals surface area contributed by atoms with E-state index in [2.05, 4.69) is 14.6 Å². The van der Waals surface area contributed by atoms with Gasteiger partial charge in [0.15, 0.2) is 27.0 Å². The van der Waals surface area contributed by atoms with Crippen molar-refractivity contribution in [2.45, 2.75) is 54.9 Å². The molecule has 3 aromatic carbocycles. The quantitative estimate of drug-likeness (QED) is 0.215. The molecule has 0 fully saturated rings. The third-order valence-electron chi connectivity index (χ3n) is 7.62. The molecule has 6 rings (SSSR count). The maximum Gasteiger partial charge on any atom is 0.586 e. The van der Waals surface area contributed by atoms with Crippen molar-refractivity contribution in [2.24, 2.45) is 0 Å². The van der Waals surface area contributed by atoms with Gasteiger partial charge in [-0.1, -0.05) is 12.1 Å². The molecule has 0 bridgehead atoms. The Morgan fingerprint density at radius 3 is 2.47 bits per heavy atom. The van der Waals surface area contributed by atoms with E-state index in [0.717, 1.165) is 16.8 Å². The maximum atomic E-state index is 14.1. The maximum absolute atomic E-state index is 14.1. The molecular formula is C30H23F5N2O7S. The number of carboxylic acids is 1. The number of ether oxygens (including phenoxy) is 3. The van der Waals surface area contributed by atoms with Crippen LogP contribution in [-0.4, -0.2) is 35.6 Å². The summed E-state index contributed by atoms with van der Waals surface area (Å²) >= 11 is 0. The fourth-order valence-corrected chi connectivity index (χ4v) is 6.88. The summed E-state index contributed by atoms with van der Waals surface area (Å²) in [5.74, 6) is -1.52. The van der Waals surface area contributed by atoms with Crippen molar-refractivity contribution in [1.29, 1.82) is 0 Å². The Morgan fingerprint density at radius 2 is 1.78 bits per heavy atom. The summed E-state index contributed by atoms with van der Waals surface area (Å²) in [6, 6.07) is 14.2. The number of fused-ring (bicyclic) bond motifs is 2. The van der Waals surface area contributed by atoms with Crippen LogP contribution in [0.3, 0.4) is 0 Å². The number of carboxylic acid groups (broad SMARTS) is 1. The molecule has 2 heterocycles. The van der Waals surface area contributed by atoms with Gasteiger partial charge in [-0.25, -0.2) is 17.9 Å². The van der Waals surface area contributed by atoms with Gasteiger partial charge in [-0.05, 0) is 86.3 Å². The van der Waals surface area contributed by atoms with Crippen molar-refractivity contribution in [3.8, 4) is 22.9 Å². The van der Waals surface area contributed by atoms with Crippen LogP contribution in [0.1, 0.15) is 64.0 Å². The van der Waals surface area contributed by atoms with Gasteiger partial charge in [0, 0.05) is 5.56 Å². The van der Waals surface area contributed by atoms with Gasteiger partial charge in [0.1, 0.15) is 11.9 Å². The lowest BCUT2D eigenvalue weighted by Gasteiger charge is -2.26. The van der Waals surface area contributed by atoms with Gasteiger partial charge in [0.05, 0.1) is 27.1 Å². The highest BCUT2D eigenvalue weighted by Crippen LogP contribution is 2.44. The third-order valence-corrected chi connectivity index (χ3v) is 9.73. The second kappa shape index (κ2) is 10.8. The fraction of sp³-hybridized carbons (Fsp3) is 0.267. The van der Waals surface area contributed by atoms with E-state index in [-0.39, 0.29) is 56.6 Å². The minimum Gasteiger partial charge on any atom is -0.484 e. The summed E-state index contributed by atoms with van der Waals surface area (Å²) in [7, 11) is -4.21. The Balaban J connectivity index is 1.38. The van der Waals surface area contributed by atoms with Crippen LogP contribution in [0.4, 0.5) is 22.0 Å². The summed E-state index contributed by atoms with van der Waals surface area (Å²) < 4.78 is 113. The molecule has 4 aromatic rings. The summed E-state index contributed by atoms with van der Waals surface area (Å²) in [6.07, 6.45) is -8.89. The number of rotatable bonds is 7. The van der Waals surface area contributed by atoms with E-state index in [0.29, 0.717) is 12.8 Å². The molecule has 2 atom stereocenters. The van der Waals surface area contributed by atoms with Crippen LogP contribution < -0.4 is 14.2 Å². The molecule has 0 radical (unpaired) electrons. The van der Waals surface area contributed by atoms with E-state index >= 15 is 0 Å². The lowest BCUT2D eigenvalue weighted by atomic mass is 9.93. The van der Waals surface area contributed by atoms with Gasteiger partial charge >= 0.3 is 18.4 Å². The average Bonchev–Trinajstić information content (AvgIpc) is 3.54.